The van der Waals surface area contributed by atoms with Crippen LogP contribution >= 0.6 is 0 Å². The van der Waals surface area contributed by atoms with Crippen LogP contribution in [0.4, 0.5) is 0 Å². The number of rotatable bonds is 7. The van der Waals surface area contributed by atoms with Gasteiger partial charge in [-0.3, -0.25) is 4.90 Å². The summed E-state index contributed by atoms with van der Waals surface area (Å²) in [6.45, 7) is 16.4. The Hall–Kier alpha value is -0.0400. The van der Waals surface area contributed by atoms with Crippen molar-refractivity contribution in [1.29, 1.82) is 0 Å². The van der Waals surface area contributed by atoms with Crippen LogP contribution in [0, 0.1) is 5.92 Å². The van der Waals surface area contributed by atoms with Gasteiger partial charge in [0.1, 0.15) is 0 Å². The van der Waals surface area contributed by atoms with E-state index < -0.39 is 0 Å². The van der Waals surface area contributed by atoms with Crippen LogP contribution in [0.3, 0.4) is 0 Å². The van der Waals surface area contributed by atoms with Gasteiger partial charge in [0.05, 0.1) is 0 Å². The van der Waals surface area contributed by atoms with Crippen molar-refractivity contribution < 1.29 is 0 Å². The van der Waals surface area contributed by atoms with E-state index in [2.05, 4.69) is 46.4 Å². The molecule has 0 spiro atoms. The molecule has 0 amide bonds. The Morgan fingerprint density at radius 3 is 2.00 bits per heavy atom. The van der Waals surface area contributed by atoms with Crippen molar-refractivity contribution in [1.82, 2.24) is 4.90 Å². The van der Waals surface area contributed by atoms with Crippen LogP contribution in [0.15, 0.2) is 0 Å². The van der Waals surface area contributed by atoms with Crippen LogP contribution < -0.4 is 0 Å². The van der Waals surface area contributed by atoms with E-state index in [0.717, 1.165) is 5.92 Å². The molecule has 0 aliphatic rings. The van der Waals surface area contributed by atoms with Gasteiger partial charge in [0.25, 0.3) is 0 Å². The van der Waals surface area contributed by atoms with Crippen molar-refractivity contribution in [2.75, 3.05) is 13.1 Å². The fourth-order valence-electron chi connectivity index (χ4n) is 2.27. The Bertz CT molecular complexity index is 142. The van der Waals surface area contributed by atoms with E-state index in [-0.39, 0.29) is 0 Å². The maximum Gasteiger partial charge on any atom is 0.0178 e. The van der Waals surface area contributed by atoms with Crippen LogP contribution in [-0.2, 0) is 0 Å². The van der Waals surface area contributed by atoms with Crippen LogP contribution in [-0.4, -0.2) is 23.5 Å². The Kier molecular flexibility index (Phi) is 6.43. The van der Waals surface area contributed by atoms with Crippen molar-refractivity contribution in [2.45, 2.75) is 66.3 Å². The van der Waals surface area contributed by atoms with Crippen LogP contribution in [0.1, 0.15) is 60.8 Å². The largest absolute Gasteiger partial charge is 0.298 e. The highest BCUT2D eigenvalue weighted by atomic mass is 15.2. The summed E-state index contributed by atoms with van der Waals surface area (Å²) in [5.41, 5.74) is 0.424. The van der Waals surface area contributed by atoms with Crippen LogP contribution in [0.25, 0.3) is 0 Å². The zero-order chi connectivity index (χ0) is 11.2. The van der Waals surface area contributed by atoms with Crippen LogP contribution in [0.5, 0.6) is 0 Å². The van der Waals surface area contributed by atoms with Crippen molar-refractivity contribution in [3.05, 3.63) is 0 Å². The van der Waals surface area contributed by atoms with Gasteiger partial charge in [-0.2, -0.15) is 0 Å². The summed E-state index contributed by atoms with van der Waals surface area (Å²) in [6.07, 6.45) is 3.88. The molecule has 0 aromatic rings. The van der Waals surface area contributed by atoms with Gasteiger partial charge in [0.15, 0.2) is 0 Å². The maximum atomic E-state index is 2.65. The van der Waals surface area contributed by atoms with Gasteiger partial charge in [-0.05, 0) is 32.2 Å². The minimum absolute atomic E-state index is 0.424. The Balaban J connectivity index is 4.41. The number of hydrogen-bond donors (Lipinski definition) is 0. The average Bonchev–Trinajstić information content (AvgIpc) is 2.14. The summed E-state index contributed by atoms with van der Waals surface area (Å²) in [5.74, 6) is 0.776. The highest BCUT2D eigenvalue weighted by Crippen LogP contribution is 2.25. The molecule has 0 aromatic carbocycles. The molecular formula is C13H29N. The highest BCUT2D eigenvalue weighted by Gasteiger charge is 2.27. The summed E-state index contributed by atoms with van der Waals surface area (Å²) in [5, 5.41) is 0. The SMILES string of the molecule is CCCC(C)(CC)N(CC)CC(C)C. The molecule has 1 atom stereocenters. The van der Waals surface area contributed by atoms with Gasteiger partial charge in [-0.15, -0.1) is 0 Å². The lowest BCUT2D eigenvalue weighted by molar-refractivity contribution is 0.0822. The van der Waals surface area contributed by atoms with Gasteiger partial charge in [0.2, 0.25) is 0 Å². The highest BCUT2D eigenvalue weighted by molar-refractivity contribution is 4.84. The first-order valence-electron chi connectivity index (χ1n) is 6.25. The minimum Gasteiger partial charge on any atom is -0.298 e. The second-order valence-electron chi connectivity index (χ2n) is 5.03. The summed E-state index contributed by atoms with van der Waals surface area (Å²) in [4.78, 5) is 2.65. The monoisotopic (exact) mass is 199 g/mol. The zero-order valence-electron chi connectivity index (χ0n) is 11.1. The first kappa shape index (κ1) is 14.0. The molecule has 1 unspecified atom stereocenters. The first-order valence-corrected chi connectivity index (χ1v) is 6.25. The van der Waals surface area contributed by atoms with Gasteiger partial charge in [0, 0.05) is 12.1 Å². The molecule has 14 heavy (non-hydrogen) atoms. The molecule has 0 rings (SSSR count). The van der Waals surface area contributed by atoms with Gasteiger partial charge >= 0.3 is 0 Å². The fourth-order valence-corrected chi connectivity index (χ4v) is 2.27. The zero-order valence-corrected chi connectivity index (χ0v) is 11.1. The number of nitrogens with zero attached hydrogens (tertiary/aromatic N) is 1. The topological polar surface area (TPSA) is 3.24 Å². The maximum absolute atomic E-state index is 2.65. The molecule has 1 nitrogen and oxygen atoms in total. The van der Waals surface area contributed by atoms with E-state index in [1.54, 1.807) is 0 Å². The second kappa shape index (κ2) is 6.44. The third-order valence-corrected chi connectivity index (χ3v) is 3.28. The predicted octanol–water partition coefficient (Wildman–Crippen LogP) is 3.93. The van der Waals surface area contributed by atoms with E-state index in [1.807, 2.05) is 0 Å². The van der Waals surface area contributed by atoms with Crippen molar-refractivity contribution in [2.24, 2.45) is 5.92 Å². The molecule has 0 aliphatic carbocycles. The van der Waals surface area contributed by atoms with E-state index in [1.165, 1.54) is 32.4 Å². The molecule has 1 heteroatoms. The molecule has 0 aliphatic heterocycles. The van der Waals surface area contributed by atoms with E-state index >= 15 is 0 Å². The third-order valence-electron chi connectivity index (χ3n) is 3.28. The summed E-state index contributed by atoms with van der Waals surface area (Å²) >= 11 is 0. The van der Waals surface area contributed by atoms with Gasteiger partial charge in [-0.1, -0.05) is 41.0 Å². The van der Waals surface area contributed by atoms with Gasteiger partial charge < -0.3 is 0 Å². The molecule has 0 heterocycles. The Morgan fingerprint density at radius 2 is 1.71 bits per heavy atom. The summed E-state index contributed by atoms with van der Waals surface area (Å²) < 4.78 is 0. The first-order chi connectivity index (χ1) is 6.50. The Morgan fingerprint density at radius 1 is 1.14 bits per heavy atom. The predicted molar refractivity (Wildman–Crippen MR) is 65.7 cm³/mol. The van der Waals surface area contributed by atoms with E-state index in [4.69, 9.17) is 0 Å². The van der Waals surface area contributed by atoms with E-state index in [9.17, 15) is 0 Å². The molecule has 86 valence electrons. The van der Waals surface area contributed by atoms with Crippen LogP contribution in [0.2, 0.25) is 0 Å². The fraction of sp³-hybridized carbons (Fsp3) is 1.00. The third kappa shape index (κ3) is 4.00. The number of hydrogen-bond acceptors (Lipinski definition) is 1. The van der Waals surface area contributed by atoms with Crippen molar-refractivity contribution in [3.8, 4) is 0 Å². The molecule has 0 N–H and O–H groups in total. The molecule has 0 saturated heterocycles. The molecule has 0 radical (unpaired) electrons. The smallest absolute Gasteiger partial charge is 0.0178 e. The summed E-state index contributed by atoms with van der Waals surface area (Å²) in [6, 6.07) is 0. The molecular weight excluding hydrogens is 170 g/mol. The standard InChI is InChI=1S/C13H29N/c1-7-10-13(6,8-2)14(9-3)11-12(4)5/h12H,7-11H2,1-6H3. The second-order valence-corrected chi connectivity index (χ2v) is 5.03. The quantitative estimate of drug-likeness (QED) is 0.600. The minimum atomic E-state index is 0.424. The van der Waals surface area contributed by atoms with Crippen molar-refractivity contribution >= 4 is 0 Å². The molecule has 0 aromatic heterocycles. The van der Waals surface area contributed by atoms with E-state index in [0.29, 0.717) is 5.54 Å². The Labute approximate surface area is 90.9 Å². The van der Waals surface area contributed by atoms with Gasteiger partial charge in [-0.25, -0.2) is 0 Å². The molecule has 0 fully saturated rings. The lowest BCUT2D eigenvalue weighted by atomic mass is 9.90. The average molecular weight is 199 g/mol. The van der Waals surface area contributed by atoms with Crippen molar-refractivity contribution in [3.63, 3.8) is 0 Å². The molecule has 0 saturated carbocycles. The summed E-state index contributed by atoms with van der Waals surface area (Å²) in [7, 11) is 0. The lowest BCUT2D eigenvalue weighted by Gasteiger charge is -2.41. The lowest BCUT2D eigenvalue weighted by Crippen LogP contribution is -2.47. The normalized spacial score (nSPS) is 16.3. The molecule has 0 bridgehead atoms.